The number of para-hydroxylation sites is 2. The van der Waals surface area contributed by atoms with Gasteiger partial charge in [0.1, 0.15) is 18.1 Å². The van der Waals surface area contributed by atoms with Gasteiger partial charge in [0.15, 0.2) is 0 Å². The van der Waals surface area contributed by atoms with Crippen molar-refractivity contribution in [2.24, 2.45) is 5.73 Å². The zero-order valence-electron chi connectivity index (χ0n) is 25.0. The Morgan fingerprint density at radius 2 is 1.50 bits per heavy atom. The Morgan fingerprint density at radius 3 is 2.13 bits per heavy atom. The molecule has 8 N–H and O–H groups in total. The molecule has 1 aliphatic rings. The van der Waals surface area contributed by atoms with Gasteiger partial charge in [-0.2, -0.15) is 0 Å². The fourth-order valence-corrected chi connectivity index (χ4v) is 6.21. The van der Waals surface area contributed by atoms with E-state index in [0.717, 1.165) is 32.9 Å². The van der Waals surface area contributed by atoms with Crippen LogP contribution in [0.25, 0.3) is 21.8 Å². The van der Waals surface area contributed by atoms with Crippen molar-refractivity contribution in [2.75, 3.05) is 6.54 Å². The molecule has 238 valence electrons. The molecule has 13 nitrogen and oxygen atoms in total. The van der Waals surface area contributed by atoms with Gasteiger partial charge in [0, 0.05) is 65.5 Å². The van der Waals surface area contributed by atoms with Crippen LogP contribution in [-0.2, 0) is 38.4 Å². The number of aromatic amines is 3. The van der Waals surface area contributed by atoms with Gasteiger partial charge in [-0.1, -0.05) is 36.4 Å². The van der Waals surface area contributed by atoms with Crippen LogP contribution in [0.2, 0.25) is 0 Å². The van der Waals surface area contributed by atoms with Crippen LogP contribution in [0.1, 0.15) is 29.7 Å². The first kappa shape index (κ1) is 30.6. The summed E-state index contributed by atoms with van der Waals surface area (Å²) in [6.07, 6.45) is 7.91. The van der Waals surface area contributed by atoms with E-state index in [0.29, 0.717) is 18.5 Å². The molecule has 0 radical (unpaired) electrons. The second-order valence-electron chi connectivity index (χ2n) is 11.7. The number of aromatic nitrogens is 4. The van der Waals surface area contributed by atoms with Gasteiger partial charge < -0.3 is 41.3 Å². The number of imidazole rings is 1. The molecule has 4 unspecified atom stereocenters. The highest BCUT2D eigenvalue weighted by Crippen LogP contribution is 2.23. The molecule has 3 aromatic heterocycles. The van der Waals surface area contributed by atoms with Gasteiger partial charge in [-0.15, -0.1) is 0 Å². The van der Waals surface area contributed by atoms with Crippen LogP contribution in [0.5, 0.6) is 0 Å². The Morgan fingerprint density at radius 1 is 0.870 bits per heavy atom. The van der Waals surface area contributed by atoms with E-state index in [9.17, 15) is 24.3 Å². The van der Waals surface area contributed by atoms with Crippen molar-refractivity contribution in [1.82, 2.24) is 35.5 Å². The molecule has 5 aromatic rings. The van der Waals surface area contributed by atoms with Crippen LogP contribution >= 0.6 is 0 Å². The van der Waals surface area contributed by atoms with Crippen LogP contribution in [0.15, 0.2) is 73.4 Å². The number of aliphatic carboxylic acids is 1. The largest absolute Gasteiger partial charge is 0.480 e. The van der Waals surface area contributed by atoms with Crippen LogP contribution in [0.4, 0.5) is 0 Å². The topological polar surface area (TPSA) is 202 Å². The predicted molar refractivity (Wildman–Crippen MR) is 171 cm³/mol. The molecule has 46 heavy (non-hydrogen) atoms. The number of nitrogens with zero attached hydrogens (tertiary/aromatic N) is 2. The summed E-state index contributed by atoms with van der Waals surface area (Å²) in [5.74, 6) is -2.72. The molecular formula is C33H36N8O5. The average Bonchev–Trinajstić information content (AvgIpc) is 3.88. The minimum Gasteiger partial charge on any atom is -0.480 e. The van der Waals surface area contributed by atoms with Gasteiger partial charge in [-0.05, 0) is 42.5 Å². The monoisotopic (exact) mass is 624 g/mol. The van der Waals surface area contributed by atoms with Crippen molar-refractivity contribution in [3.05, 3.63) is 90.3 Å². The van der Waals surface area contributed by atoms with E-state index in [1.54, 1.807) is 12.4 Å². The fraction of sp³-hybridized carbons (Fsp3) is 0.303. The molecule has 13 heteroatoms. The summed E-state index contributed by atoms with van der Waals surface area (Å²) in [5, 5.41) is 17.2. The maximum Gasteiger partial charge on any atom is 0.326 e. The standard InChI is InChI=1S/C33H36N8O5/c34-24(12-19-15-36-25-8-3-1-6-22(19)25)30(42)39-27(14-21-17-35-18-38-21)31(43)40-28(32(44)41-11-5-10-29(41)33(45)46)13-20-16-37-26-9-4-2-7-23(20)26/h1-4,6-9,15-18,24,27-29,36-37H,5,10-14,34H2,(H,35,38)(H,39,42)(H,40,43)(H,45,46). The second kappa shape index (κ2) is 13.3. The fourth-order valence-electron chi connectivity index (χ4n) is 6.21. The van der Waals surface area contributed by atoms with Crippen LogP contribution < -0.4 is 16.4 Å². The minimum atomic E-state index is -1.10. The molecule has 3 amide bonds. The van der Waals surface area contributed by atoms with Crippen molar-refractivity contribution >= 4 is 45.5 Å². The number of nitrogens with two attached hydrogens (primary N) is 1. The molecule has 1 fully saturated rings. The highest BCUT2D eigenvalue weighted by atomic mass is 16.4. The normalized spacial score (nSPS) is 16.7. The predicted octanol–water partition coefficient (Wildman–Crippen LogP) is 1.77. The molecule has 4 atom stereocenters. The summed E-state index contributed by atoms with van der Waals surface area (Å²) < 4.78 is 0. The van der Waals surface area contributed by atoms with Crippen molar-refractivity contribution in [1.29, 1.82) is 0 Å². The molecule has 0 spiro atoms. The van der Waals surface area contributed by atoms with Gasteiger partial charge >= 0.3 is 5.97 Å². The number of hydrogen-bond donors (Lipinski definition) is 7. The van der Waals surface area contributed by atoms with Crippen molar-refractivity contribution < 1.29 is 24.3 Å². The SMILES string of the molecule is NC(Cc1c[nH]c2ccccc12)C(=O)NC(Cc1cnc[nH]1)C(=O)NC(Cc1c[nH]c2ccccc12)C(=O)N1CCCC1C(=O)O. The molecular weight excluding hydrogens is 588 g/mol. The number of fused-ring (bicyclic) bond motifs is 2. The lowest BCUT2D eigenvalue weighted by Crippen LogP contribution is -2.58. The van der Waals surface area contributed by atoms with Gasteiger partial charge in [0.05, 0.1) is 12.4 Å². The van der Waals surface area contributed by atoms with E-state index >= 15 is 0 Å². The van der Waals surface area contributed by atoms with Gasteiger partial charge in [0.2, 0.25) is 17.7 Å². The number of benzene rings is 2. The van der Waals surface area contributed by atoms with E-state index in [1.807, 2.05) is 54.7 Å². The van der Waals surface area contributed by atoms with E-state index in [2.05, 4.69) is 30.6 Å². The Kier molecular flexibility index (Phi) is 8.83. The van der Waals surface area contributed by atoms with Gasteiger partial charge in [0.25, 0.3) is 0 Å². The third-order valence-corrected chi connectivity index (χ3v) is 8.60. The maximum atomic E-state index is 14.0. The van der Waals surface area contributed by atoms with Crippen molar-refractivity contribution in [2.45, 2.75) is 56.3 Å². The molecule has 2 aromatic carbocycles. The average molecular weight is 625 g/mol. The summed E-state index contributed by atoms with van der Waals surface area (Å²) in [7, 11) is 0. The number of hydrogen-bond acceptors (Lipinski definition) is 6. The van der Waals surface area contributed by atoms with Crippen molar-refractivity contribution in [3.63, 3.8) is 0 Å². The lowest BCUT2D eigenvalue weighted by Gasteiger charge is -2.29. The first-order valence-corrected chi connectivity index (χ1v) is 15.3. The number of likely N-dealkylation sites (tertiary alicyclic amines) is 1. The van der Waals surface area contributed by atoms with Crippen molar-refractivity contribution in [3.8, 4) is 0 Å². The molecule has 6 rings (SSSR count). The van der Waals surface area contributed by atoms with Crippen LogP contribution in [0, 0.1) is 0 Å². The number of carboxylic acids is 1. The van der Waals surface area contributed by atoms with Crippen LogP contribution in [-0.4, -0.2) is 84.3 Å². The van der Waals surface area contributed by atoms with E-state index in [1.165, 1.54) is 11.2 Å². The molecule has 0 aliphatic carbocycles. The summed E-state index contributed by atoms with van der Waals surface area (Å²) >= 11 is 0. The second-order valence-corrected chi connectivity index (χ2v) is 11.7. The summed E-state index contributed by atoms with van der Waals surface area (Å²) in [4.78, 5) is 67.9. The quantitative estimate of drug-likeness (QED) is 0.110. The Labute approximate surface area is 263 Å². The zero-order valence-corrected chi connectivity index (χ0v) is 25.0. The van der Waals surface area contributed by atoms with Gasteiger partial charge in [-0.3, -0.25) is 14.4 Å². The number of rotatable bonds is 12. The molecule has 0 saturated carbocycles. The summed E-state index contributed by atoms with van der Waals surface area (Å²) in [5.41, 5.74) is 10.4. The Bertz CT molecular complexity index is 1860. The Hall–Kier alpha value is -5.43. The first-order valence-electron chi connectivity index (χ1n) is 15.3. The number of nitrogens with one attached hydrogen (secondary N) is 5. The lowest BCUT2D eigenvalue weighted by molar-refractivity contribution is -0.149. The number of H-pyrrole nitrogens is 3. The molecule has 4 heterocycles. The highest BCUT2D eigenvalue weighted by molar-refractivity contribution is 5.95. The third-order valence-electron chi connectivity index (χ3n) is 8.60. The zero-order chi connectivity index (χ0) is 32.2. The molecule has 1 aliphatic heterocycles. The lowest BCUT2D eigenvalue weighted by atomic mass is 10.0. The molecule has 0 bridgehead atoms. The van der Waals surface area contributed by atoms with E-state index in [-0.39, 0.29) is 25.8 Å². The number of carbonyl (C=O) groups is 4. The number of carbonyl (C=O) groups excluding carboxylic acids is 3. The minimum absolute atomic E-state index is 0.0623. The van der Waals surface area contributed by atoms with E-state index < -0.39 is 47.9 Å². The number of carboxylic acid groups (broad SMARTS) is 1. The summed E-state index contributed by atoms with van der Waals surface area (Å²) in [6.45, 7) is 0.271. The smallest absolute Gasteiger partial charge is 0.326 e. The Balaban J connectivity index is 1.23. The molecule has 1 saturated heterocycles. The van der Waals surface area contributed by atoms with E-state index in [4.69, 9.17) is 5.73 Å². The maximum absolute atomic E-state index is 14.0. The summed E-state index contributed by atoms with van der Waals surface area (Å²) in [6, 6.07) is 11.2. The third kappa shape index (κ3) is 6.49. The number of amides is 3. The van der Waals surface area contributed by atoms with Gasteiger partial charge in [-0.25, -0.2) is 9.78 Å². The highest BCUT2D eigenvalue weighted by Gasteiger charge is 2.39. The first-order chi connectivity index (χ1) is 22.3. The van der Waals surface area contributed by atoms with Crippen LogP contribution in [0.3, 0.4) is 0 Å².